The van der Waals surface area contributed by atoms with E-state index in [4.69, 9.17) is 0 Å². The molecule has 0 nitrogen and oxygen atoms in total. The van der Waals surface area contributed by atoms with E-state index < -0.39 is 0 Å². The number of rotatable bonds is 9. The first-order valence-corrected chi connectivity index (χ1v) is 11.6. The molecule has 2 aromatic carbocycles. The van der Waals surface area contributed by atoms with Crippen LogP contribution < -0.4 is 0 Å². The summed E-state index contributed by atoms with van der Waals surface area (Å²) in [5.74, 6) is 0.777. The second kappa shape index (κ2) is 10.1. The van der Waals surface area contributed by atoms with Gasteiger partial charge in [-0.3, -0.25) is 0 Å². The lowest BCUT2D eigenvalue weighted by Crippen LogP contribution is -2.31. The average molecular weight is 387 g/mol. The maximum atomic E-state index is 4.21. The zero-order valence-corrected chi connectivity index (χ0v) is 18.7. The number of aryl methyl sites for hydroxylation is 2. The van der Waals surface area contributed by atoms with Crippen LogP contribution in [0.5, 0.6) is 0 Å². The Labute approximate surface area is 178 Å². The lowest BCUT2D eigenvalue weighted by atomic mass is 9.64. The van der Waals surface area contributed by atoms with Gasteiger partial charge in [-0.15, -0.1) is 6.58 Å². The minimum Gasteiger partial charge on any atom is -0.103 e. The third-order valence-corrected chi connectivity index (χ3v) is 6.51. The molecule has 0 N–H and O–H groups in total. The monoisotopic (exact) mass is 386 g/mol. The first kappa shape index (κ1) is 21.6. The van der Waals surface area contributed by atoms with Crippen molar-refractivity contribution in [1.29, 1.82) is 0 Å². The Bertz CT molecular complexity index is 789. The Balaban J connectivity index is 2.20. The van der Waals surface area contributed by atoms with Gasteiger partial charge in [-0.25, -0.2) is 0 Å². The summed E-state index contributed by atoms with van der Waals surface area (Å²) < 4.78 is 0. The molecule has 0 radical (unpaired) electrons. The smallest absolute Gasteiger partial charge is 0.0450 e. The van der Waals surface area contributed by atoms with Crippen LogP contribution in [0.4, 0.5) is 0 Å². The summed E-state index contributed by atoms with van der Waals surface area (Å²) in [7, 11) is 0. The molecule has 0 saturated carbocycles. The van der Waals surface area contributed by atoms with Crippen LogP contribution in [0.1, 0.15) is 81.5 Å². The fourth-order valence-electron chi connectivity index (χ4n) is 5.20. The predicted molar refractivity (Wildman–Crippen MR) is 128 cm³/mol. The Morgan fingerprint density at radius 3 is 2.10 bits per heavy atom. The lowest BCUT2D eigenvalue weighted by molar-refractivity contribution is 0.547. The van der Waals surface area contributed by atoms with E-state index in [1.54, 1.807) is 5.57 Å². The number of allylic oxidation sites excluding steroid dienone is 3. The third-order valence-electron chi connectivity index (χ3n) is 6.51. The summed E-state index contributed by atoms with van der Waals surface area (Å²) >= 11 is 0. The summed E-state index contributed by atoms with van der Waals surface area (Å²) in [6, 6.07) is 18.3. The van der Waals surface area contributed by atoms with Crippen LogP contribution in [-0.2, 0) is 18.3 Å². The molecular weight excluding hydrogens is 348 g/mol. The largest absolute Gasteiger partial charge is 0.103 e. The highest BCUT2D eigenvalue weighted by Crippen LogP contribution is 2.49. The first-order valence-electron chi connectivity index (χ1n) is 11.6. The minimum atomic E-state index is -0.0702. The van der Waals surface area contributed by atoms with Crippen molar-refractivity contribution in [3.05, 3.63) is 95.1 Å². The van der Waals surface area contributed by atoms with E-state index in [9.17, 15) is 0 Å². The molecule has 1 aliphatic rings. The van der Waals surface area contributed by atoms with Crippen molar-refractivity contribution >= 4 is 0 Å². The Hall–Kier alpha value is -2.08. The van der Waals surface area contributed by atoms with Gasteiger partial charge in [-0.2, -0.15) is 0 Å². The van der Waals surface area contributed by atoms with E-state index >= 15 is 0 Å². The van der Waals surface area contributed by atoms with Gasteiger partial charge in [0.1, 0.15) is 0 Å². The Kier molecular flexibility index (Phi) is 7.53. The summed E-state index contributed by atoms with van der Waals surface area (Å²) in [5.41, 5.74) is 7.57. The van der Waals surface area contributed by atoms with Crippen LogP contribution in [0.2, 0.25) is 0 Å². The second-order valence-corrected chi connectivity index (χ2v) is 9.02. The lowest BCUT2D eigenvalue weighted by Gasteiger charge is -2.39. The van der Waals surface area contributed by atoms with Gasteiger partial charge in [0.25, 0.3) is 0 Å². The summed E-state index contributed by atoms with van der Waals surface area (Å²) in [4.78, 5) is 0. The summed E-state index contributed by atoms with van der Waals surface area (Å²) in [6.07, 6.45) is 14.0. The van der Waals surface area contributed by atoms with E-state index in [0.29, 0.717) is 0 Å². The van der Waals surface area contributed by atoms with E-state index in [1.165, 1.54) is 47.9 Å². The summed E-state index contributed by atoms with van der Waals surface area (Å²) in [5, 5.41) is 0. The van der Waals surface area contributed by atoms with Crippen molar-refractivity contribution < 1.29 is 0 Å². The van der Waals surface area contributed by atoms with Gasteiger partial charge in [0.15, 0.2) is 0 Å². The number of unbranched alkanes of at least 4 members (excludes halogenated alkanes) is 1. The number of hydrogen-bond acceptors (Lipinski definition) is 0. The number of fused-ring (bicyclic) bond motifs is 2. The molecule has 154 valence electrons. The van der Waals surface area contributed by atoms with E-state index in [1.807, 2.05) is 0 Å². The van der Waals surface area contributed by atoms with Crippen LogP contribution in [0.25, 0.3) is 0 Å². The minimum absolute atomic E-state index is 0.0702. The fraction of sp³-hybridized carbons (Fsp3) is 0.448. The SMILES string of the molecule is C=CCC1(/C(=C/CCCC(C)C)CCC)c2ccccc2CCc2ccccc21. The van der Waals surface area contributed by atoms with Crippen molar-refractivity contribution in [3.8, 4) is 0 Å². The molecule has 1 aliphatic carbocycles. The van der Waals surface area contributed by atoms with E-state index in [-0.39, 0.29) is 5.41 Å². The summed E-state index contributed by atoms with van der Waals surface area (Å²) in [6.45, 7) is 11.2. The standard InChI is InChI=1S/C29H38/c1-5-13-26(17-10-7-14-23(3)4)29(22-6-2)27-18-11-8-15-24(27)20-21-25-16-9-12-19-28(25)29/h6,8-9,11-12,15-19,23H,2,5,7,10,13-14,20-22H2,1,3-4H3/b26-17+. The van der Waals surface area contributed by atoms with Crippen molar-refractivity contribution in [3.63, 3.8) is 0 Å². The molecule has 29 heavy (non-hydrogen) atoms. The molecule has 0 fully saturated rings. The molecule has 0 unspecified atom stereocenters. The van der Waals surface area contributed by atoms with Crippen LogP contribution in [-0.4, -0.2) is 0 Å². The average Bonchev–Trinajstić information content (AvgIpc) is 2.86. The van der Waals surface area contributed by atoms with Crippen molar-refractivity contribution in [2.24, 2.45) is 5.92 Å². The zero-order valence-electron chi connectivity index (χ0n) is 18.7. The quantitative estimate of drug-likeness (QED) is 0.301. The van der Waals surface area contributed by atoms with Gasteiger partial charge in [-0.05, 0) is 66.7 Å². The van der Waals surface area contributed by atoms with Crippen molar-refractivity contribution in [2.45, 2.75) is 77.6 Å². The fourth-order valence-corrected chi connectivity index (χ4v) is 5.20. The Morgan fingerprint density at radius 2 is 1.59 bits per heavy atom. The molecule has 0 bridgehead atoms. The van der Waals surface area contributed by atoms with Crippen LogP contribution in [0.15, 0.2) is 72.8 Å². The molecule has 0 spiro atoms. The molecule has 0 aliphatic heterocycles. The van der Waals surface area contributed by atoms with Gasteiger partial charge < -0.3 is 0 Å². The molecule has 3 rings (SSSR count). The molecule has 0 heterocycles. The third kappa shape index (κ3) is 4.58. The van der Waals surface area contributed by atoms with Gasteiger partial charge >= 0.3 is 0 Å². The maximum absolute atomic E-state index is 4.21. The molecule has 0 heteroatoms. The highest BCUT2D eigenvalue weighted by Gasteiger charge is 2.40. The van der Waals surface area contributed by atoms with Crippen LogP contribution in [0, 0.1) is 5.92 Å². The van der Waals surface area contributed by atoms with Gasteiger partial charge in [0.05, 0.1) is 0 Å². The molecular formula is C29H38. The second-order valence-electron chi connectivity index (χ2n) is 9.02. The normalized spacial score (nSPS) is 15.5. The first-order chi connectivity index (χ1) is 14.1. The molecule has 0 aromatic heterocycles. The van der Waals surface area contributed by atoms with Gasteiger partial charge in [0.2, 0.25) is 0 Å². The predicted octanol–water partition coefficient (Wildman–Crippen LogP) is 8.20. The molecule has 0 saturated heterocycles. The molecule has 0 atom stereocenters. The van der Waals surface area contributed by atoms with Crippen molar-refractivity contribution in [1.82, 2.24) is 0 Å². The maximum Gasteiger partial charge on any atom is 0.0450 e. The molecule has 0 amide bonds. The van der Waals surface area contributed by atoms with Gasteiger partial charge in [0, 0.05) is 5.41 Å². The van der Waals surface area contributed by atoms with E-state index in [2.05, 4.69) is 88.0 Å². The van der Waals surface area contributed by atoms with E-state index in [0.717, 1.165) is 31.6 Å². The highest BCUT2D eigenvalue weighted by molar-refractivity contribution is 5.56. The van der Waals surface area contributed by atoms with Crippen molar-refractivity contribution in [2.75, 3.05) is 0 Å². The van der Waals surface area contributed by atoms with Crippen LogP contribution in [0.3, 0.4) is 0 Å². The number of hydrogen-bond donors (Lipinski definition) is 0. The Morgan fingerprint density at radius 1 is 1.00 bits per heavy atom. The number of benzene rings is 2. The van der Waals surface area contributed by atoms with Crippen LogP contribution >= 0.6 is 0 Å². The zero-order chi connectivity index (χ0) is 20.7. The van der Waals surface area contributed by atoms with Gasteiger partial charge in [-0.1, -0.05) is 99.9 Å². The topological polar surface area (TPSA) is 0 Å². The molecule has 2 aromatic rings. The highest BCUT2D eigenvalue weighted by atomic mass is 14.4.